The number of carbonyl (C=O) groups is 2. The highest BCUT2D eigenvalue weighted by Gasteiger charge is 2.27. The van der Waals surface area contributed by atoms with Crippen LogP contribution in [0.2, 0.25) is 0 Å². The van der Waals surface area contributed by atoms with Crippen molar-refractivity contribution in [1.82, 2.24) is 0 Å². The lowest BCUT2D eigenvalue weighted by atomic mass is 9.79. The number of rotatable bonds is 10. The van der Waals surface area contributed by atoms with E-state index in [4.69, 9.17) is 13.1 Å². The van der Waals surface area contributed by atoms with E-state index < -0.39 is 22.7 Å². The molecule has 0 N–H and O–H groups in total. The van der Waals surface area contributed by atoms with E-state index in [2.05, 4.69) is 0 Å². The van der Waals surface area contributed by atoms with Gasteiger partial charge in [0.2, 0.25) is 0 Å². The van der Waals surface area contributed by atoms with Gasteiger partial charge in [0.25, 0.3) is 0 Å². The first-order valence-electron chi connectivity index (χ1n) is 10.4. The Morgan fingerprint density at radius 3 is 2.24 bits per heavy atom. The molecule has 0 bridgehead atoms. The molecule has 0 saturated heterocycles. The summed E-state index contributed by atoms with van der Waals surface area (Å²) in [7, 11) is 0. The monoisotopic (exact) mass is 466 g/mol. The van der Waals surface area contributed by atoms with E-state index in [1.807, 2.05) is 45.0 Å². The Labute approximate surface area is 196 Å². The minimum atomic E-state index is -1.94. The van der Waals surface area contributed by atoms with Crippen molar-refractivity contribution < 1.29 is 26.9 Å². The van der Waals surface area contributed by atoms with Crippen LogP contribution >= 0.6 is 0 Å². The zero-order chi connectivity index (χ0) is 23.8. The Bertz CT molecular complexity index is 1120. The molecule has 172 valence electrons. The molecule has 3 aromatic carbocycles. The number of aldehydes is 1. The second-order valence-corrected chi connectivity index (χ2v) is 9.06. The molecule has 0 fully saturated rings. The van der Waals surface area contributed by atoms with Gasteiger partial charge in [0.05, 0.1) is 13.0 Å². The molecule has 0 aliphatic carbocycles. The van der Waals surface area contributed by atoms with Gasteiger partial charge in [0, 0.05) is 11.0 Å². The largest absolute Gasteiger partial charge is 0.427 e. The number of ether oxygens (including phenoxy) is 1. The smallest absolute Gasteiger partial charge is 0.360 e. The van der Waals surface area contributed by atoms with Gasteiger partial charge in [-0.2, -0.15) is 4.21 Å². The molecule has 0 aliphatic heterocycles. The zero-order valence-electron chi connectivity index (χ0n) is 18.8. The van der Waals surface area contributed by atoms with Gasteiger partial charge in [-0.1, -0.05) is 67.9 Å². The number of carbonyl (C=O) groups excluding carboxylic acids is 2. The maximum absolute atomic E-state index is 12.5. The summed E-state index contributed by atoms with van der Waals surface area (Å²) < 4.78 is 27.9. The molecule has 0 aliphatic rings. The standard InChI is InChI=1S/C26H26O6S/c1-19-8-12-23(13-9-19)32-33(29)30-18-20-10-14-22(15-11-20)31-25(28)16-26(2,3)24-7-5-4-6-21(24)17-27/h4-15,17H,16,18H2,1-3H3. The van der Waals surface area contributed by atoms with Crippen LogP contribution in [-0.4, -0.2) is 16.5 Å². The summed E-state index contributed by atoms with van der Waals surface area (Å²) in [6.45, 7) is 5.82. The van der Waals surface area contributed by atoms with Crippen LogP contribution in [0.4, 0.5) is 0 Å². The predicted molar refractivity (Wildman–Crippen MR) is 126 cm³/mol. The fourth-order valence-electron chi connectivity index (χ4n) is 3.31. The highest BCUT2D eigenvalue weighted by atomic mass is 32.2. The minimum Gasteiger partial charge on any atom is -0.427 e. The molecule has 0 heterocycles. The van der Waals surface area contributed by atoms with Crippen LogP contribution in [-0.2, 0) is 32.4 Å². The molecule has 6 nitrogen and oxygen atoms in total. The fraction of sp³-hybridized carbons (Fsp3) is 0.231. The van der Waals surface area contributed by atoms with E-state index in [1.165, 1.54) is 0 Å². The van der Waals surface area contributed by atoms with Gasteiger partial charge in [-0.3, -0.25) is 13.8 Å². The molecule has 0 radical (unpaired) electrons. The van der Waals surface area contributed by atoms with Gasteiger partial charge in [-0.15, -0.1) is 0 Å². The van der Waals surface area contributed by atoms with Gasteiger partial charge in [0.1, 0.15) is 17.8 Å². The van der Waals surface area contributed by atoms with Crippen molar-refractivity contribution in [3.63, 3.8) is 0 Å². The van der Waals surface area contributed by atoms with Crippen molar-refractivity contribution in [1.29, 1.82) is 0 Å². The van der Waals surface area contributed by atoms with Gasteiger partial charge in [-0.05, 0) is 42.3 Å². The molecule has 1 atom stereocenters. The van der Waals surface area contributed by atoms with Crippen LogP contribution in [0.15, 0.2) is 72.8 Å². The Hall–Kier alpha value is -3.29. The Kier molecular flexibility index (Phi) is 8.14. The number of benzene rings is 3. The molecular formula is C26H26O6S. The average molecular weight is 467 g/mol. The molecule has 1 unspecified atom stereocenters. The van der Waals surface area contributed by atoms with E-state index in [-0.39, 0.29) is 13.0 Å². The molecule has 0 amide bonds. The van der Waals surface area contributed by atoms with Gasteiger partial charge >= 0.3 is 17.3 Å². The van der Waals surface area contributed by atoms with E-state index >= 15 is 0 Å². The molecule has 0 spiro atoms. The molecule has 0 saturated carbocycles. The third kappa shape index (κ3) is 7.10. The molecule has 3 aromatic rings. The lowest BCUT2D eigenvalue weighted by Crippen LogP contribution is -2.26. The fourth-order valence-corrected chi connectivity index (χ4v) is 3.85. The van der Waals surface area contributed by atoms with Crippen LogP contribution in [0.25, 0.3) is 0 Å². The van der Waals surface area contributed by atoms with Crippen LogP contribution in [0.3, 0.4) is 0 Å². The van der Waals surface area contributed by atoms with Crippen molar-refractivity contribution in [2.75, 3.05) is 0 Å². The Morgan fingerprint density at radius 1 is 0.939 bits per heavy atom. The summed E-state index contributed by atoms with van der Waals surface area (Å²) in [5, 5.41) is 0. The maximum atomic E-state index is 12.5. The van der Waals surface area contributed by atoms with Crippen molar-refractivity contribution in [3.8, 4) is 11.5 Å². The summed E-state index contributed by atoms with van der Waals surface area (Å²) in [6, 6.07) is 21.1. The van der Waals surface area contributed by atoms with Crippen LogP contribution in [0.1, 0.15) is 47.3 Å². The average Bonchev–Trinajstić information content (AvgIpc) is 2.79. The van der Waals surface area contributed by atoms with Crippen LogP contribution < -0.4 is 8.92 Å². The lowest BCUT2D eigenvalue weighted by Gasteiger charge is -2.25. The van der Waals surface area contributed by atoms with Gasteiger partial charge < -0.3 is 8.92 Å². The summed E-state index contributed by atoms with van der Waals surface area (Å²) in [6.07, 6.45) is 0.903. The Balaban J connectivity index is 1.51. The van der Waals surface area contributed by atoms with Crippen molar-refractivity contribution in [2.45, 2.75) is 39.2 Å². The number of hydrogen-bond acceptors (Lipinski definition) is 6. The number of esters is 1. The highest BCUT2D eigenvalue weighted by molar-refractivity contribution is 7.75. The second kappa shape index (κ2) is 11.0. The molecular weight excluding hydrogens is 440 g/mol. The topological polar surface area (TPSA) is 78.9 Å². The SMILES string of the molecule is Cc1ccc(OS(=O)OCc2ccc(OC(=O)CC(C)(C)c3ccccc3C=O)cc2)cc1. The Morgan fingerprint density at radius 2 is 1.58 bits per heavy atom. The third-order valence-electron chi connectivity index (χ3n) is 5.07. The summed E-state index contributed by atoms with van der Waals surface area (Å²) >= 11 is -1.94. The second-order valence-electron chi connectivity index (χ2n) is 8.25. The molecule has 7 heteroatoms. The summed E-state index contributed by atoms with van der Waals surface area (Å²) in [4.78, 5) is 23.8. The van der Waals surface area contributed by atoms with Crippen molar-refractivity contribution in [2.24, 2.45) is 0 Å². The number of aryl methyl sites for hydroxylation is 1. The zero-order valence-corrected chi connectivity index (χ0v) is 19.6. The lowest BCUT2D eigenvalue weighted by molar-refractivity contribution is -0.135. The predicted octanol–water partition coefficient (Wildman–Crippen LogP) is 5.26. The van der Waals surface area contributed by atoms with Crippen molar-refractivity contribution in [3.05, 3.63) is 95.1 Å². The third-order valence-corrected chi connectivity index (χ3v) is 5.70. The first-order chi connectivity index (χ1) is 15.8. The van der Waals surface area contributed by atoms with E-state index in [1.54, 1.807) is 48.5 Å². The quantitative estimate of drug-likeness (QED) is 0.231. The summed E-state index contributed by atoms with van der Waals surface area (Å²) in [5.41, 5.74) is 2.61. The van der Waals surface area contributed by atoms with Gasteiger partial charge in [-0.25, -0.2) is 0 Å². The molecule has 3 rings (SSSR count). The first kappa shape index (κ1) is 24.4. The maximum Gasteiger partial charge on any atom is 0.360 e. The van der Waals surface area contributed by atoms with Crippen LogP contribution in [0.5, 0.6) is 11.5 Å². The van der Waals surface area contributed by atoms with E-state index in [0.717, 1.165) is 23.0 Å². The highest BCUT2D eigenvalue weighted by Crippen LogP contribution is 2.30. The van der Waals surface area contributed by atoms with Crippen molar-refractivity contribution >= 4 is 23.6 Å². The summed E-state index contributed by atoms with van der Waals surface area (Å²) in [5.74, 6) is 0.442. The van der Waals surface area contributed by atoms with E-state index in [0.29, 0.717) is 17.1 Å². The van der Waals surface area contributed by atoms with Gasteiger partial charge in [0.15, 0.2) is 0 Å². The molecule has 33 heavy (non-hydrogen) atoms. The van der Waals surface area contributed by atoms with Crippen LogP contribution in [0, 0.1) is 6.92 Å². The minimum absolute atomic E-state index is 0.0716. The van der Waals surface area contributed by atoms with E-state index in [9.17, 15) is 13.8 Å². The number of hydrogen-bond donors (Lipinski definition) is 0. The first-order valence-corrected chi connectivity index (χ1v) is 11.4. The normalized spacial score (nSPS) is 12.1. The molecule has 0 aromatic heterocycles.